The van der Waals surface area contributed by atoms with E-state index in [9.17, 15) is 15.0 Å². The lowest BCUT2D eigenvalue weighted by atomic mass is 10.1. The molecular formula is C12H18N2O5. The molecule has 1 aromatic rings. The van der Waals surface area contributed by atoms with Gasteiger partial charge in [-0.25, -0.2) is 0 Å². The van der Waals surface area contributed by atoms with Gasteiger partial charge in [0.05, 0.1) is 18.8 Å². The van der Waals surface area contributed by atoms with E-state index in [1.807, 2.05) is 0 Å². The zero-order valence-corrected chi connectivity index (χ0v) is 10.9. The monoisotopic (exact) mass is 270 g/mol. The van der Waals surface area contributed by atoms with Crippen LogP contribution >= 0.6 is 0 Å². The van der Waals surface area contributed by atoms with Crippen molar-refractivity contribution in [1.82, 2.24) is 10.5 Å². The number of nitrogens with zero attached hydrogens (tertiary/aromatic N) is 1. The van der Waals surface area contributed by atoms with Crippen molar-refractivity contribution in [3.8, 4) is 0 Å². The van der Waals surface area contributed by atoms with Crippen molar-refractivity contribution < 1.29 is 24.3 Å². The summed E-state index contributed by atoms with van der Waals surface area (Å²) in [5, 5.41) is 26.0. The smallest absolute Gasteiger partial charge is 0.273 e. The summed E-state index contributed by atoms with van der Waals surface area (Å²) in [6, 6.07) is 0.999. The molecule has 7 heteroatoms. The second-order valence-corrected chi connectivity index (χ2v) is 4.84. The molecule has 1 aliphatic carbocycles. The normalized spacial score (nSPS) is 30.5. The molecule has 1 saturated carbocycles. The first-order valence-electron chi connectivity index (χ1n) is 6.12. The number of methoxy groups -OCH3 is 1. The van der Waals surface area contributed by atoms with Gasteiger partial charge < -0.3 is 24.8 Å². The Kier molecular flexibility index (Phi) is 4.18. The number of aliphatic hydroxyl groups excluding tert-OH is 2. The van der Waals surface area contributed by atoms with E-state index in [0.29, 0.717) is 18.8 Å². The lowest BCUT2D eigenvalue weighted by Gasteiger charge is -2.17. The van der Waals surface area contributed by atoms with Gasteiger partial charge in [0.25, 0.3) is 5.91 Å². The molecule has 0 aliphatic heterocycles. The minimum atomic E-state index is -1.00. The van der Waals surface area contributed by atoms with Gasteiger partial charge in [-0.05, 0) is 13.3 Å². The largest absolute Gasteiger partial charge is 0.390 e. The van der Waals surface area contributed by atoms with Crippen LogP contribution in [0.1, 0.15) is 22.7 Å². The number of rotatable bonds is 4. The number of nitrogens with one attached hydrogen (secondary N) is 1. The summed E-state index contributed by atoms with van der Waals surface area (Å²) in [4.78, 5) is 11.9. The number of hydrogen-bond donors (Lipinski definition) is 3. The molecule has 19 heavy (non-hydrogen) atoms. The van der Waals surface area contributed by atoms with Crippen molar-refractivity contribution in [1.29, 1.82) is 0 Å². The van der Waals surface area contributed by atoms with Crippen LogP contribution < -0.4 is 5.32 Å². The SMILES string of the molecule is COC[C@H]1C[C@@H](NC(=O)c2cc(C)on2)[C@H](O)[C@@H]1O. The Balaban J connectivity index is 1.98. The quantitative estimate of drug-likeness (QED) is 0.679. The van der Waals surface area contributed by atoms with Crippen LogP contribution in [-0.2, 0) is 4.74 Å². The zero-order chi connectivity index (χ0) is 14.0. The van der Waals surface area contributed by atoms with E-state index < -0.39 is 24.2 Å². The number of carbonyl (C=O) groups is 1. The first-order valence-corrected chi connectivity index (χ1v) is 6.12. The van der Waals surface area contributed by atoms with E-state index in [-0.39, 0.29) is 11.6 Å². The second-order valence-electron chi connectivity index (χ2n) is 4.84. The molecule has 4 atom stereocenters. The molecule has 7 nitrogen and oxygen atoms in total. The summed E-state index contributed by atoms with van der Waals surface area (Å²) in [7, 11) is 1.53. The van der Waals surface area contributed by atoms with Crippen molar-refractivity contribution in [2.24, 2.45) is 5.92 Å². The number of aryl methyl sites for hydroxylation is 1. The topological polar surface area (TPSA) is 105 Å². The average molecular weight is 270 g/mol. The van der Waals surface area contributed by atoms with E-state index in [2.05, 4.69) is 10.5 Å². The lowest BCUT2D eigenvalue weighted by Crippen LogP contribution is -2.43. The van der Waals surface area contributed by atoms with Crippen LogP contribution in [0.25, 0.3) is 0 Å². The molecule has 1 fully saturated rings. The average Bonchev–Trinajstić information content (AvgIpc) is 2.91. The van der Waals surface area contributed by atoms with E-state index in [4.69, 9.17) is 9.26 Å². The predicted molar refractivity (Wildman–Crippen MR) is 64.5 cm³/mol. The third kappa shape index (κ3) is 2.94. The maximum atomic E-state index is 11.9. The highest BCUT2D eigenvalue weighted by molar-refractivity contribution is 5.92. The molecule has 106 valence electrons. The molecule has 1 aromatic heterocycles. The molecule has 1 heterocycles. The number of aromatic nitrogens is 1. The second kappa shape index (κ2) is 5.68. The molecule has 0 unspecified atom stereocenters. The molecule has 2 rings (SSSR count). The van der Waals surface area contributed by atoms with Crippen molar-refractivity contribution in [3.05, 3.63) is 17.5 Å². The van der Waals surface area contributed by atoms with Gasteiger partial charge in [-0.1, -0.05) is 5.16 Å². The maximum Gasteiger partial charge on any atom is 0.273 e. The van der Waals surface area contributed by atoms with Gasteiger partial charge in [0, 0.05) is 19.1 Å². The summed E-state index contributed by atoms with van der Waals surface area (Å²) in [5.74, 6) is -0.0788. The van der Waals surface area contributed by atoms with Crippen LogP contribution in [-0.4, -0.2) is 53.2 Å². The summed E-state index contributed by atoms with van der Waals surface area (Å²) in [6.07, 6.45) is -1.44. The molecule has 0 bridgehead atoms. The molecule has 1 amide bonds. The van der Waals surface area contributed by atoms with Gasteiger partial charge in [0.15, 0.2) is 5.69 Å². The van der Waals surface area contributed by atoms with Gasteiger partial charge in [-0.2, -0.15) is 0 Å². The zero-order valence-electron chi connectivity index (χ0n) is 10.9. The van der Waals surface area contributed by atoms with Gasteiger partial charge in [-0.3, -0.25) is 4.79 Å². The minimum absolute atomic E-state index is 0.161. The molecule has 0 aromatic carbocycles. The Bertz CT molecular complexity index is 447. The highest BCUT2D eigenvalue weighted by Crippen LogP contribution is 2.27. The Labute approximate surface area is 110 Å². The molecule has 0 radical (unpaired) electrons. The van der Waals surface area contributed by atoms with E-state index in [1.54, 1.807) is 6.92 Å². The number of hydrogen-bond acceptors (Lipinski definition) is 6. The Hall–Kier alpha value is -1.44. The number of ether oxygens (including phenoxy) is 1. The molecule has 0 saturated heterocycles. The van der Waals surface area contributed by atoms with Crippen LogP contribution in [0.4, 0.5) is 0 Å². The van der Waals surface area contributed by atoms with Crippen molar-refractivity contribution in [3.63, 3.8) is 0 Å². The Morgan fingerprint density at radius 3 is 2.89 bits per heavy atom. The number of aliphatic hydroxyl groups is 2. The summed E-state index contributed by atoms with van der Waals surface area (Å²) in [6.45, 7) is 2.03. The van der Waals surface area contributed by atoms with Crippen LogP contribution in [0.5, 0.6) is 0 Å². The third-order valence-corrected chi connectivity index (χ3v) is 3.36. The van der Waals surface area contributed by atoms with E-state index >= 15 is 0 Å². The predicted octanol–water partition coefficient (Wildman–Crippen LogP) is -0.530. The highest BCUT2D eigenvalue weighted by Gasteiger charge is 2.42. The van der Waals surface area contributed by atoms with Gasteiger partial charge in [0.1, 0.15) is 11.9 Å². The van der Waals surface area contributed by atoms with Gasteiger partial charge in [0.2, 0.25) is 0 Å². The van der Waals surface area contributed by atoms with Crippen LogP contribution in [0.2, 0.25) is 0 Å². The van der Waals surface area contributed by atoms with Crippen molar-refractivity contribution >= 4 is 5.91 Å². The van der Waals surface area contributed by atoms with Crippen LogP contribution in [0, 0.1) is 12.8 Å². The maximum absolute atomic E-state index is 11.9. The fourth-order valence-electron chi connectivity index (χ4n) is 2.36. The number of carbonyl (C=O) groups excluding carboxylic acids is 1. The molecular weight excluding hydrogens is 252 g/mol. The van der Waals surface area contributed by atoms with Crippen LogP contribution in [0.3, 0.4) is 0 Å². The fourth-order valence-corrected chi connectivity index (χ4v) is 2.36. The van der Waals surface area contributed by atoms with Gasteiger partial charge >= 0.3 is 0 Å². The molecule has 0 spiro atoms. The molecule has 3 N–H and O–H groups in total. The summed E-state index contributed by atoms with van der Waals surface area (Å²) >= 11 is 0. The van der Waals surface area contributed by atoms with Crippen molar-refractivity contribution in [2.45, 2.75) is 31.6 Å². The first-order chi connectivity index (χ1) is 9.02. The van der Waals surface area contributed by atoms with E-state index in [1.165, 1.54) is 13.2 Å². The lowest BCUT2D eigenvalue weighted by molar-refractivity contribution is -0.00554. The summed E-state index contributed by atoms with van der Waals surface area (Å²) < 4.78 is 9.79. The molecule has 1 aliphatic rings. The number of amides is 1. The van der Waals surface area contributed by atoms with E-state index in [0.717, 1.165) is 0 Å². The summed E-state index contributed by atoms with van der Waals surface area (Å²) in [5.41, 5.74) is 0.161. The van der Waals surface area contributed by atoms with Crippen LogP contribution in [0.15, 0.2) is 10.6 Å². The standard InChI is InChI=1S/C12H18N2O5/c1-6-3-9(14-19-6)12(17)13-8-4-7(5-18-2)10(15)11(8)16/h3,7-8,10-11,15-16H,4-5H2,1-2H3,(H,13,17)/t7-,8-,10-,11+/m1/s1. The Morgan fingerprint density at radius 1 is 1.58 bits per heavy atom. The first kappa shape index (κ1) is 14.0. The fraction of sp³-hybridized carbons (Fsp3) is 0.667. The third-order valence-electron chi connectivity index (χ3n) is 3.36. The highest BCUT2D eigenvalue weighted by atomic mass is 16.5. The van der Waals surface area contributed by atoms with Gasteiger partial charge in [-0.15, -0.1) is 0 Å². The van der Waals surface area contributed by atoms with Crippen molar-refractivity contribution in [2.75, 3.05) is 13.7 Å². The Morgan fingerprint density at radius 2 is 2.32 bits per heavy atom. The minimum Gasteiger partial charge on any atom is -0.390 e.